The number of nitrogens with zero attached hydrogens (tertiary/aromatic N) is 3. The topological polar surface area (TPSA) is 99.1 Å². The number of aliphatic hydroxyl groups is 1. The third-order valence-corrected chi connectivity index (χ3v) is 9.98. The normalized spacial score (nSPS) is 23.1. The van der Waals surface area contributed by atoms with Gasteiger partial charge in [0, 0.05) is 6.61 Å². The molecule has 2 bridgehead atoms. The maximum atomic E-state index is 13.7. The number of benzene rings is 2. The summed E-state index contributed by atoms with van der Waals surface area (Å²) in [6.45, 7) is 8.15. The molecule has 7 rings (SSSR count). The maximum absolute atomic E-state index is 13.7. The molecular weight excluding hydrogens is 533 g/mol. The number of pyridine rings is 1. The predicted octanol–water partition coefficient (Wildman–Crippen LogP) is 3.28. The van der Waals surface area contributed by atoms with E-state index in [0.717, 1.165) is 41.5 Å². The molecule has 4 aromatic rings. The number of hydrogen-bond donors (Lipinski definition) is 1. The first-order chi connectivity index (χ1) is 17.6. The van der Waals surface area contributed by atoms with Gasteiger partial charge in [0.2, 0.25) is 0 Å². The number of ether oxygens (including phenoxy) is 1. The quantitative estimate of drug-likeness (QED) is 0.294. The molecule has 0 aliphatic carbocycles. The van der Waals surface area contributed by atoms with Crippen molar-refractivity contribution in [2.24, 2.45) is 11.8 Å². The van der Waals surface area contributed by atoms with Crippen LogP contribution in [-0.4, -0.2) is 71.6 Å². The van der Waals surface area contributed by atoms with E-state index in [1.165, 1.54) is 16.2 Å². The summed E-state index contributed by atoms with van der Waals surface area (Å²) in [6, 6.07) is 16.5. The van der Waals surface area contributed by atoms with Crippen LogP contribution in [0.2, 0.25) is 0 Å². The van der Waals surface area contributed by atoms with E-state index in [-0.39, 0.29) is 44.5 Å². The molecule has 0 spiro atoms. The van der Waals surface area contributed by atoms with Gasteiger partial charge in [-0.2, -0.15) is 0 Å². The Balaban J connectivity index is 0.000000765. The minimum absolute atomic E-state index is 0. The Kier molecular flexibility index (Phi) is 8.67. The van der Waals surface area contributed by atoms with Gasteiger partial charge in [0.15, 0.2) is 0 Å². The summed E-state index contributed by atoms with van der Waals surface area (Å²) in [6.07, 6.45) is 6.33. The molecule has 0 saturated carbocycles. The fraction of sp³-hybridized carbons (Fsp3) is 0.379. The van der Waals surface area contributed by atoms with Gasteiger partial charge in [-0.15, -0.1) is 0 Å². The van der Waals surface area contributed by atoms with Gasteiger partial charge < -0.3 is 10.6 Å². The van der Waals surface area contributed by atoms with Crippen LogP contribution in [0.15, 0.2) is 72.2 Å². The van der Waals surface area contributed by atoms with E-state index < -0.39 is 0 Å². The maximum Gasteiger partial charge on any atom is 0.0402 e. The van der Waals surface area contributed by atoms with Crippen molar-refractivity contribution in [1.29, 1.82) is 0 Å². The molecule has 2 aromatic heterocycles. The van der Waals surface area contributed by atoms with Crippen molar-refractivity contribution >= 4 is 35.3 Å². The first-order valence-corrected chi connectivity index (χ1v) is 14.2. The standard InChI is InChI=1S/C27H27N3O2Se.C2H6O.H2O/c1-3-17-16-29-13-11-18(17)14-24(29)26(30-27(31)21-6-4-5-7-25(21)33-30)20-10-12-28-23-9-8-19(32-2)15-22(20)23;1-2-3;/h3-10,12,15,17-18,24,26H,1,11,13-14,16H2,2H3;3H,2H2,1H3;1H2/t17-,18-,24-,26-;;/m0../s1. The first-order valence-electron chi connectivity index (χ1n) is 12.6. The summed E-state index contributed by atoms with van der Waals surface area (Å²) in [4.78, 5) is 20.9. The fourth-order valence-electron chi connectivity index (χ4n) is 5.90. The summed E-state index contributed by atoms with van der Waals surface area (Å²) in [7, 11) is 1.69. The van der Waals surface area contributed by atoms with E-state index >= 15 is 0 Å². The van der Waals surface area contributed by atoms with Crippen molar-refractivity contribution in [2.75, 3.05) is 26.8 Å². The second kappa shape index (κ2) is 11.8. The fourth-order valence-corrected chi connectivity index (χ4v) is 8.32. The van der Waals surface area contributed by atoms with Gasteiger partial charge in [0.25, 0.3) is 0 Å². The van der Waals surface area contributed by atoms with Crippen LogP contribution in [0.1, 0.15) is 31.4 Å². The molecule has 3 fully saturated rings. The van der Waals surface area contributed by atoms with Crippen LogP contribution in [-0.2, 0) is 0 Å². The molecule has 0 radical (unpaired) electrons. The first kappa shape index (κ1) is 27.3. The summed E-state index contributed by atoms with van der Waals surface area (Å²) in [5, 5.41) is 9.50. The molecule has 3 aliphatic heterocycles. The second-order valence-electron chi connectivity index (χ2n) is 9.51. The molecule has 3 saturated heterocycles. The van der Waals surface area contributed by atoms with Crippen molar-refractivity contribution in [2.45, 2.75) is 31.8 Å². The zero-order chi connectivity index (χ0) is 25.2. The Morgan fingerprint density at radius 1 is 1.24 bits per heavy atom. The minimum atomic E-state index is -0.0531. The third kappa shape index (κ3) is 5.05. The van der Waals surface area contributed by atoms with Gasteiger partial charge >= 0.3 is 199 Å². The van der Waals surface area contributed by atoms with E-state index in [2.05, 4.69) is 44.3 Å². The zero-order valence-electron chi connectivity index (χ0n) is 21.3. The molecule has 196 valence electrons. The van der Waals surface area contributed by atoms with Crippen molar-refractivity contribution in [3.63, 3.8) is 0 Å². The second-order valence-corrected chi connectivity index (χ2v) is 11.6. The SMILES string of the molecule is C=C[C@H]1CN2CC[C@H]1C[C@H]2[C@H](c1ccnc2ccc(OC)cc12)n1[se]c2ccccc2c1=O.CCO.O. The largest absolute Gasteiger partial charge is 0.412 e. The Labute approximate surface area is 223 Å². The number of methoxy groups -OCH3 is 1. The molecule has 3 aliphatic rings. The van der Waals surface area contributed by atoms with Crippen LogP contribution >= 0.6 is 0 Å². The van der Waals surface area contributed by atoms with E-state index in [0.29, 0.717) is 11.8 Å². The Bertz CT molecular complexity index is 1430. The van der Waals surface area contributed by atoms with E-state index in [1.54, 1.807) is 14.0 Å². The Morgan fingerprint density at radius 3 is 2.70 bits per heavy atom. The number of fused-ring (bicyclic) bond motifs is 5. The van der Waals surface area contributed by atoms with Crippen molar-refractivity contribution in [3.8, 4) is 5.75 Å². The van der Waals surface area contributed by atoms with Gasteiger partial charge in [-0.25, -0.2) is 0 Å². The molecule has 3 N–H and O–H groups in total. The van der Waals surface area contributed by atoms with E-state index in [9.17, 15) is 4.79 Å². The average molecular weight is 569 g/mol. The third-order valence-electron chi connectivity index (χ3n) is 7.59. The van der Waals surface area contributed by atoms with Gasteiger partial charge in [-0.1, -0.05) is 0 Å². The van der Waals surface area contributed by atoms with Gasteiger partial charge in [-0.3, -0.25) is 0 Å². The van der Waals surface area contributed by atoms with Crippen LogP contribution in [0.4, 0.5) is 0 Å². The number of piperidine rings is 3. The molecule has 8 heteroatoms. The summed E-state index contributed by atoms with van der Waals surface area (Å²) in [5.41, 5.74) is 2.27. The Morgan fingerprint density at radius 2 is 2.03 bits per heavy atom. The molecule has 5 atom stereocenters. The Hall–Kier alpha value is -2.74. The van der Waals surface area contributed by atoms with Crippen LogP contribution in [0, 0.1) is 11.8 Å². The smallest absolute Gasteiger partial charge is 0.0402 e. The molecule has 2 aromatic carbocycles. The molecule has 1 unspecified atom stereocenters. The van der Waals surface area contributed by atoms with Crippen LogP contribution in [0.3, 0.4) is 0 Å². The molecular formula is C29H35N3O4Se. The van der Waals surface area contributed by atoms with Gasteiger partial charge in [0.1, 0.15) is 0 Å². The van der Waals surface area contributed by atoms with Gasteiger partial charge in [-0.05, 0) is 6.92 Å². The molecule has 37 heavy (non-hydrogen) atoms. The van der Waals surface area contributed by atoms with Crippen molar-refractivity contribution in [3.05, 3.63) is 83.3 Å². The summed E-state index contributed by atoms with van der Waals surface area (Å²) < 4.78 is 8.90. The summed E-state index contributed by atoms with van der Waals surface area (Å²) in [5.74, 6) is 1.99. The molecule has 5 heterocycles. The van der Waals surface area contributed by atoms with E-state index in [1.807, 2.05) is 36.5 Å². The molecule has 0 amide bonds. The molecule has 7 nitrogen and oxygen atoms in total. The summed E-state index contributed by atoms with van der Waals surface area (Å²) >= 11 is -0.0531. The number of aromatic nitrogens is 2. The predicted molar refractivity (Wildman–Crippen MR) is 150 cm³/mol. The van der Waals surface area contributed by atoms with Crippen LogP contribution < -0.4 is 10.3 Å². The van der Waals surface area contributed by atoms with Crippen molar-refractivity contribution in [1.82, 2.24) is 13.4 Å². The number of rotatable bonds is 5. The number of hydrogen-bond acceptors (Lipinski definition) is 5. The van der Waals surface area contributed by atoms with Gasteiger partial charge in [0.05, 0.1) is 0 Å². The average Bonchev–Trinajstić information content (AvgIpc) is 3.25. The van der Waals surface area contributed by atoms with Crippen LogP contribution in [0.25, 0.3) is 20.5 Å². The minimum Gasteiger partial charge on any atom is -0.412 e. The number of aliphatic hydroxyl groups excluding tert-OH is 1. The van der Waals surface area contributed by atoms with Crippen LogP contribution in [0.5, 0.6) is 5.75 Å². The van der Waals surface area contributed by atoms with E-state index in [4.69, 9.17) is 9.84 Å². The van der Waals surface area contributed by atoms with Crippen molar-refractivity contribution < 1.29 is 15.3 Å². The monoisotopic (exact) mass is 569 g/mol. The zero-order valence-corrected chi connectivity index (χ0v) is 23.1.